The van der Waals surface area contributed by atoms with Gasteiger partial charge in [-0.05, 0) is 36.6 Å². The second kappa shape index (κ2) is 6.41. The van der Waals surface area contributed by atoms with Gasteiger partial charge in [0, 0.05) is 24.5 Å². The molecule has 1 aliphatic rings. The van der Waals surface area contributed by atoms with E-state index >= 15 is 0 Å². The summed E-state index contributed by atoms with van der Waals surface area (Å²) in [6.07, 6.45) is 2.17. The van der Waals surface area contributed by atoms with E-state index in [1.807, 2.05) is 48.2 Å². The molecular formula is C19H23N3O. The third kappa shape index (κ3) is 3.36. The fourth-order valence-electron chi connectivity index (χ4n) is 2.86. The number of hydrogen-bond donors (Lipinski definition) is 1. The molecule has 1 atom stereocenters. The average molecular weight is 309 g/mol. The van der Waals surface area contributed by atoms with Crippen molar-refractivity contribution in [3.05, 3.63) is 53.9 Å². The van der Waals surface area contributed by atoms with E-state index in [0.717, 1.165) is 22.6 Å². The molecule has 23 heavy (non-hydrogen) atoms. The van der Waals surface area contributed by atoms with Gasteiger partial charge in [0.2, 0.25) is 5.91 Å². The lowest BCUT2D eigenvalue weighted by atomic mass is 9.99. The summed E-state index contributed by atoms with van der Waals surface area (Å²) >= 11 is 0. The van der Waals surface area contributed by atoms with Crippen molar-refractivity contribution >= 4 is 17.3 Å². The number of fused-ring (bicyclic) bond motifs is 1. The standard InChI is InChI=1S/C19H23N3O/c1-13(2)17-12-22(18-7-5-4-6-16(18)21-17)19(23)10-15-9-8-14(3)20-11-15/h4-9,11,13,17,21H,10,12H2,1-3H3/t17-/m1/s1. The normalized spacial score (nSPS) is 16.9. The molecule has 120 valence electrons. The van der Waals surface area contributed by atoms with Gasteiger partial charge in [0.15, 0.2) is 0 Å². The quantitative estimate of drug-likeness (QED) is 0.945. The minimum atomic E-state index is 0.121. The number of carbonyl (C=O) groups is 1. The number of hydrogen-bond acceptors (Lipinski definition) is 3. The van der Waals surface area contributed by atoms with Crippen LogP contribution >= 0.6 is 0 Å². The molecule has 1 aliphatic heterocycles. The topological polar surface area (TPSA) is 45.2 Å². The maximum Gasteiger partial charge on any atom is 0.231 e. The molecule has 0 radical (unpaired) electrons. The molecule has 0 bridgehead atoms. The second-order valence-electron chi connectivity index (χ2n) is 6.50. The Bertz CT molecular complexity index is 694. The van der Waals surface area contributed by atoms with Gasteiger partial charge in [0.25, 0.3) is 0 Å². The number of amides is 1. The first-order valence-electron chi connectivity index (χ1n) is 8.12. The van der Waals surface area contributed by atoms with E-state index < -0.39 is 0 Å². The van der Waals surface area contributed by atoms with E-state index in [9.17, 15) is 4.79 Å². The maximum absolute atomic E-state index is 12.9. The van der Waals surface area contributed by atoms with Crippen molar-refractivity contribution in [2.45, 2.75) is 33.2 Å². The first-order chi connectivity index (χ1) is 11.0. The highest BCUT2D eigenvalue weighted by Gasteiger charge is 2.29. The van der Waals surface area contributed by atoms with E-state index in [-0.39, 0.29) is 11.9 Å². The largest absolute Gasteiger partial charge is 0.379 e. The van der Waals surface area contributed by atoms with Gasteiger partial charge in [-0.25, -0.2) is 0 Å². The van der Waals surface area contributed by atoms with E-state index in [0.29, 0.717) is 18.9 Å². The lowest BCUT2D eigenvalue weighted by molar-refractivity contribution is -0.118. The van der Waals surface area contributed by atoms with Crippen molar-refractivity contribution in [1.82, 2.24) is 4.98 Å². The number of nitrogens with zero attached hydrogens (tertiary/aromatic N) is 2. The number of anilines is 2. The Labute approximate surface area is 137 Å². The summed E-state index contributed by atoms with van der Waals surface area (Å²) in [7, 11) is 0. The van der Waals surface area contributed by atoms with E-state index in [2.05, 4.69) is 24.1 Å². The summed E-state index contributed by atoms with van der Waals surface area (Å²) in [5.41, 5.74) is 3.92. The molecule has 1 amide bonds. The van der Waals surface area contributed by atoms with Crippen LogP contribution in [0.15, 0.2) is 42.6 Å². The Morgan fingerprint density at radius 1 is 1.30 bits per heavy atom. The van der Waals surface area contributed by atoms with E-state index in [1.54, 1.807) is 6.20 Å². The fourth-order valence-corrected chi connectivity index (χ4v) is 2.86. The predicted molar refractivity (Wildman–Crippen MR) is 93.7 cm³/mol. The summed E-state index contributed by atoms with van der Waals surface area (Å²) in [6, 6.07) is 12.2. The van der Waals surface area contributed by atoms with Crippen molar-refractivity contribution in [2.24, 2.45) is 5.92 Å². The number of aromatic nitrogens is 1. The molecule has 1 N–H and O–H groups in total. The molecule has 0 unspecified atom stereocenters. The number of benzene rings is 1. The molecule has 3 rings (SSSR count). The molecule has 1 aromatic heterocycles. The smallest absolute Gasteiger partial charge is 0.231 e. The second-order valence-corrected chi connectivity index (χ2v) is 6.50. The van der Waals surface area contributed by atoms with Gasteiger partial charge in [0.1, 0.15) is 0 Å². The molecule has 0 spiro atoms. The third-order valence-corrected chi connectivity index (χ3v) is 4.35. The molecule has 4 heteroatoms. The zero-order valence-corrected chi connectivity index (χ0v) is 13.9. The Morgan fingerprint density at radius 2 is 2.09 bits per heavy atom. The highest BCUT2D eigenvalue weighted by molar-refractivity contribution is 5.98. The number of para-hydroxylation sites is 2. The minimum absolute atomic E-state index is 0.121. The number of carbonyl (C=O) groups excluding carboxylic acids is 1. The van der Waals surface area contributed by atoms with Crippen LogP contribution < -0.4 is 10.2 Å². The molecule has 2 heterocycles. The monoisotopic (exact) mass is 309 g/mol. The SMILES string of the molecule is Cc1ccc(CC(=O)N2C[C@H](C(C)C)Nc3ccccc32)cn1. The van der Waals surface area contributed by atoms with Crippen LogP contribution in [0.3, 0.4) is 0 Å². The van der Waals surface area contributed by atoms with Crippen LogP contribution in [-0.4, -0.2) is 23.5 Å². The Balaban J connectivity index is 1.85. The summed E-state index contributed by atoms with van der Waals surface area (Å²) in [5, 5.41) is 3.55. The van der Waals surface area contributed by atoms with Crippen molar-refractivity contribution in [1.29, 1.82) is 0 Å². The van der Waals surface area contributed by atoms with Gasteiger partial charge in [0.05, 0.1) is 17.8 Å². The van der Waals surface area contributed by atoms with Gasteiger partial charge >= 0.3 is 0 Å². The molecule has 4 nitrogen and oxygen atoms in total. The van der Waals surface area contributed by atoms with Crippen molar-refractivity contribution < 1.29 is 4.79 Å². The van der Waals surface area contributed by atoms with Gasteiger partial charge in [-0.1, -0.05) is 32.0 Å². The van der Waals surface area contributed by atoms with Crippen LogP contribution in [0, 0.1) is 12.8 Å². The highest BCUT2D eigenvalue weighted by atomic mass is 16.2. The van der Waals surface area contributed by atoms with Crippen molar-refractivity contribution in [3.8, 4) is 0 Å². The van der Waals surface area contributed by atoms with Gasteiger partial charge in [-0.3, -0.25) is 9.78 Å². The first-order valence-corrected chi connectivity index (χ1v) is 8.12. The lowest BCUT2D eigenvalue weighted by Crippen LogP contribution is -2.47. The number of nitrogens with one attached hydrogen (secondary N) is 1. The summed E-state index contributed by atoms with van der Waals surface area (Å²) in [4.78, 5) is 19.0. The van der Waals surface area contributed by atoms with Gasteiger partial charge in [-0.15, -0.1) is 0 Å². The zero-order valence-electron chi connectivity index (χ0n) is 13.9. The minimum Gasteiger partial charge on any atom is -0.379 e. The number of aryl methyl sites for hydroxylation is 1. The predicted octanol–water partition coefficient (Wildman–Crippen LogP) is 3.42. The van der Waals surface area contributed by atoms with Crippen molar-refractivity contribution in [3.63, 3.8) is 0 Å². The molecule has 1 aromatic carbocycles. The van der Waals surface area contributed by atoms with Crippen LogP contribution in [0.4, 0.5) is 11.4 Å². The van der Waals surface area contributed by atoms with E-state index in [1.165, 1.54) is 0 Å². The summed E-state index contributed by atoms with van der Waals surface area (Å²) in [6.45, 7) is 7.01. The average Bonchev–Trinajstić information content (AvgIpc) is 2.55. The zero-order chi connectivity index (χ0) is 16.4. The summed E-state index contributed by atoms with van der Waals surface area (Å²) < 4.78 is 0. The van der Waals surface area contributed by atoms with E-state index in [4.69, 9.17) is 0 Å². The Hall–Kier alpha value is -2.36. The molecular weight excluding hydrogens is 286 g/mol. The molecule has 0 saturated heterocycles. The van der Waals surface area contributed by atoms with Crippen LogP contribution in [-0.2, 0) is 11.2 Å². The van der Waals surface area contributed by atoms with Crippen LogP contribution in [0.5, 0.6) is 0 Å². The Kier molecular flexibility index (Phi) is 4.33. The molecule has 0 fully saturated rings. The van der Waals surface area contributed by atoms with Crippen LogP contribution in [0.25, 0.3) is 0 Å². The number of rotatable bonds is 3. The Morgan fingerprint density at radius 3 is 2.78 bits per heavy atom. The maximum atomic E-state index is 12.9. The molecule has 2 aromatic rings. The van der Waals surface area contributed by atoms with Crippen molar-refractivity contribution in [2.75, 3.05) is 16.8 Å². The number of pyridine rings is 1. The third-order valence-electron chi connectivity index (χ3n) is 4.35. The lowest BCUT2D eigenvalue weighted by Gasteiger charge is -2.37. The molecule has 0 saturated carbocycles. The fraction of sp³-hybridized carbons (Fsp3) is 0.368. The van der Waals surface area contributed by atoms with Gasteiger partial charge < -0.3 is 10.2 Å². The van der Waals surface area contributed by atoms with Crippen LogP contribution in [0.1, 0.15) is 25.1 Å². The highest BCUT2D eigenvalue weighted by Crippen LogP contribution is 2.32. The summed E-state index contributed by atoms with van der Waals surface area (Å²) in [5.74, 6) is 0.579. The van der Waals surface area contributed by atoms with Gasteiger partial charge in [-0.2, -0.15) is 0 Å². The molecule has 0 aliphatic carbocycles. The first kappa shape index (κ1) is 15.5. The van der Waals surface area contributed by atoms with Crippen LogP contribution in [0.2, 0.25) is 0 Å².